The van der Waals surface area contributed by atoms with E-state index in [9.17, 15) is 4.79 Å². The minimum absolute atomic E-state index is 0.192. The fourth-order valence-electron chi connectivity index (χ4n) is 3.15. The molecule has 1 aliphatic rings. The van der Waals surface area contributed by atoms with Gasteiger partial charge < -0.3 is 4.74 Å². The molecule has 2 aromatic rings. The zero-order valence-electron chi connectivity index (χ0n) is 13.6. The van der Waals surface area contributed by atoms with Gasteiger partial charge in [-0.05, 0) is 54.7 Å². The van der Waals surface area contributed by atoms with E-state index in [1.165, 1.54) is 5.56 Å². The van der Waals surface area contributed by atoms with E-state index < -0.39 is 0 Å². The second kappa shape index (κ2) is 7.40. The van der Waals surface area contributed by atoms with E-state index in [2.05, 4.69) is 11.9 Å². The maximum atomic E-state index is 12.7. The minimum Gasteiger partial charge on any atom is -0.489 e. The number of pyridine rings is 1. The number of aryl methyl sites for hydroxylation is 1. The molecular formula is C20H23NO2. The van der Waals surface area contributed by atoms with Crippen LogP contribution in [0.2, 0.25) is 0 Å². The summed E-state index contributed by atoms with van der Waals surface area (Å²) in [5, 5.41) is 0. The average Bonchev–Trinajstić information content (AvgIpc) is 2.60. The number of carbonyl (C=O) groups is 1. The van der Waals surface area contributed by atoms with Gasteiger partial charge in [0.05, 0.1) is 0 Å². The molecule has 0 radical (unpaired) electrons. The quantitative estimate of drug-likeness (QED) is 0.783. The predicted octanol–water partition coefficient (Wildman–Crippen LogP) is 4.60. The Labute approximate surface area is 137 Å². The molecule has 0 fully saturated rings. The smallest absolute Gasteiger partial charge is 0.166 e. The molecule has 1 aromatic carbocycles. The Hall–Kier alpha value is -2.16. The van der Waals surface area contributed by atoms with Crippen molar-refractivity contribution in [2.24, 2.45) is 5.92 Å². The number of carbonyl (C=O) groups excluding carboxylic acids is 1. The normalized spacial score (nSPS) is 16.9. The molecule has 1 aliphatic carbocycles. The summed E-state index contributed by atoms with van der Waals surface area (Å²) in [5.41, 5.74) is 3.11. The molecule has 0 saturated heterocycles. The first-order chi connectivity index (χ1) is 11.3. The topological polar surface area (TPSA) is 39.2 Å². The van der Waals surface area contributed by atoms with E-state index in [0.717, 1.165) is 49.0 Å². The van der Waals surface area contributed by atoms with Gasteiger partial charge in [-0.25, -0.2) is 0 Å². The van der Waals surface area contributed by atoms with Crippen molar-refractivity contribution in [3.05, 3.63) is 59.4 Å². The van der Waals surface area contributed by atoms with Gasteiger partial charge >= 0.3 is 0 Å². The fraction of sp³-hybridized carbons (Fsp3) is 0.400. The van der Waals surface area contributed by atoms with E-state index in [1.54, 1.807) is 12.4 Å². The van der Waals surface area contributed by atoms with Gasteiger partial charge in [-0.15, -0.1) is 0 Å². The first-order valence-corrected chi connectivity index (χ1v) is 8.46. The minimum atomic E-state index is 0.192. The maximum absolute atomic E-state index is 12.7. The first-order valence-electron chi connectivity index (χ1n) is 8.46. The molecule has 0 aliphatic heterocycles. The third-order valence-electron chi connectivity index (χ3n) is 4.54. The molecule has 3 rings (SSSR count). The lowest BCUT2D eigenvalue weighted by Gasteiger charge is -2.23. The highest BCUT2D eigenvalue weighted by molar-refractivity contribution is 6.00. The number of ether oxygens (including phenoxy) is 1. The predicted molar refractivity (Wildman–Crippen MR) is 90.7 cm³/mol. The van der Waals surface area contributed by atoms with E-state index in [-0.39, 0.29) is 5.92 Å². The van der Waals surface area contributed by atoms with Crippen molar-refractivity contribution in [1.82, 2.24) is 4.98 Å². The molecule has 0 spiro atoms. The Morgan fingerprint density at radius 3 is 2.83 bits per heavy atom. The highest BCUT2D eigenvalue weighted by Gasteiger charge is 2.27. The Bertz CT molecular complexity index is 667. The van der Waals surface area contributed by atoms with Crippen LogP contribution < -0.4 is 4.74 Å². The molecule has 0 amide bonds. The lowest BCUT2D eigenvalue weighted by molar-refractivity contribution is 0.0892. The summed E-state index contributed by atoms with van der Waals surface area (Å²) in [6.45, 7) is 2.67. The van der Waals surface area contributed by atoms with Gasteiger partial charge in [-0.3, -0.25) is 9.78 Å². The molecule has 120 valence electrons. The van der Waals surface area contributed by atoms with E-state index >= 15 is 0 Å². The van der Waals surface area contributed by atoms with Crippen molar-refractivity contribution in [2.45, 2.75) is 45.6 Å². The molecule has 1 heterocycles. The Balaban J connectivity index is 1.71. The summed E-state index contributed by atoms with van der Waals surface area (Å²) in [6.07, 6.45) is 8.79. The maximum Gasteiger partial charge on any atom is 0.166 e. The highest BCUT2D eigenvalue weighted by Crippen LogP contribution is 2.31. The zero-order valence-corrected chi connectivity index (χ0v) is 13.6. The number of benzene rings is 1. The van der Waals surface area contributed by atoms with Gasteiger partial charge in [-0.2, -0.15) is 0 Å². The molecule has 3 heteroatoms. The van der Waals surface area contributed by atoms with Crippen molar-refractivity contribution in [2.75, 3.05) is 0 Å². The van der Waals surface area contributed by atoms with Gasteiger partial charge in [0, 0.05) is 23.9 Å². The number of rotatable bonds is 6. The third-order valence-corrected chi connectivity index (χ3v) is 4.54. The fourth-order valence-corrected chi connectivity index (χ4v) is 3.15. The molecule has 3 nitrogen and oxygen atoms in total. The van der Waals surface area contributed by atoms with Gasteiger partial charge in [0.1, 0.15) is 12.4 Å². The van der Waals surface area contributed by atoms with E-state index in [4.69, 9.17) is 4.74 Å². The van der Waals surface area contributed by atoms with Crippen molar-refractivity contribution in [3.8, 4) is 5.75 Å². The molecule has 1 aromatic heterocycles. The lowest BCUT2D eigenvalue weighted by Crippen LogP contribution is -2.22. The monoisotopic (exact) mass is 309 g/mol. The average molecular weight is 309 g/mol. The first kappa shape index (κ1) is 15.7. The van der Waals surface area contributed by atoms with Crippen LogP contribution in [0.15, 0.2) is 42.7 Å². The van der Waals surface area contributed by atoms with Crippen LogP contribution in [0.5, 0.6) is 5.75 Å². The highest BCUT2D eigenvalue weighted by atomic mass is 16.5. The van der Waals surface area contributed by atoms with E-state index in [0.29, 0.717) is 12.4 Å². The summed E-state index contributed by atoms with van der Waals surface area (Å²) in [4.78, 5) is 16.7. The van der Waals surface area contributed by atoms with E-state index in [1.807, 2.05) is 30.3 Å². The van der Waals surface area contributed by atoms with Crippen LogP contribution in [0, 0.1) is 5.92 Å². The SMILES string of the molecule is CCCCC1CCc2ccc(OCc3ccncc3)cc2C1=O. The summed E-state index contributed by atoms with van der Waals surface area (Å²) < 4.78 is 5.84. The molecule has 0 saturated carbocycles. The van der Waals surface area contributed by atoms with Crippen LogP contribution in [0.1, 0.15) is 54.1 Å². The van der Waals surface area contributed by atoms with Crippen LogP contribution in [0.4, 0.5) is 0 Å². The number of Topliss-reactive ketones (excluding diaryl/α,β-unsaturated/α-hetero) is 1. The van der Waals surface area contributed by atoms with Crippen molar-refractivity contribution in [1.29, 1.82) is 0 Å². The second-order valence-corrected chi connectivity index (χ2v) is 6.21. The Morgan fingerprint density at radius 2 is 2.04 bits per heavy atom. The van der Waals surface area contributed by atoms with Crippen molar-refractivity contribution < 1.29 is 9.53 Å². The molecule has 0 bridgehead atoms. The molecule has 1 unspecified atom stereocenters. The third kappa shape index (κ3) is 3.79. The standard InChI is InChI=1S/C20H23NO2/c1-2-3-4-17-6-5-16-7-8-18(13-19(16)20(17)22)23-14-15-9-11-21-12-10-15/h7-13,17H,2-6,14H2,1H3. The van der Waals surface area contributed by atoms with Crippen molar-refractivity contribution >= 4 is 5.78 Å². The van der Waals surface area contributed by atoms with Crippen LogP contribution in [-0.2, 0) is 13.0 Å². The molecule has 23 heavy (non-hydrogen) atoms. The van der Waals surface area contributed by atoms with Crippen LogP contribution in [0.3, 0.4) is 0 Å². The largest absolute Gasteiger partial charge is 0.489 e. The summed E-state index contributed by atoms with van der Waals surface area (Å²) in [5.74, 6) is 1.26. The second-order valence-electron chi connectivity index (χ2n) is 6.21. The number of unbranched alkanes of at least 4 members (excludes halogenated alkanes) is 1. The summed E-state index contributed by atoms with van der Waals surface area (Å²) >= 11 is 0. The van der Waals surface area contributed by atoms with Crippen molar-refractivity contribution in [3.63, 3.8) is 0 Å². The molecular weight excluding hydrogens is 286 g/mol. The van der Waals surface area contributed by atoms with Gasteiger partial charge in [0.25, 0.3) is 0 Å². The number of hydrogen-bond donors (Lipinski definition) is 0. The number of nitrogens with zero attached hydrogens (tertiary/aromatic N) is 1. The van der Waals surface area contributed by atoms with Crippen LogP contribution in [0.25, 0.3) is 0 Å². The zero-order chi connectivity index (χ0) is 16.1. The molecule has 0 N–H and O–H groups in total. The summed E-state index contributed by atoms with van der Waals surface area (Å²) in [6, 6.07) is 9.82. The lowest BCUT2D eigenvalue weighted by atomic mass is 9.80. The number of fused-ring (bicyclic) bond motifs is 1. The molecule has 1 atom stereocenters. The van der Waals surface area contributed by atoms with Gasteiger partial charge in [0.15, 0.2) is 5.78 Å². The van der Waals surface area contributed by atoms with Crippen LogP contribution >= 0.6 is 0 Å². The number of ketones is 1. The van der Waals surface area contributed by atoms with Gasteiger partial charge in [-0.1, -0.05) is 25.8 Å². The summed E-state index contributed by atoms with van der Waals surface area (Å²) in [7, 11) is 0. The van der Waals surface area contributed by atoms with Crippen LogP contribution in [-0.4, -0.2) is 10.8 Å². The Kier molecular flexibility index (Phi) is 5.06. The number of aromatic nitrogens is 1. The number of hydrogen-bond acceptors (Lipinski definition) is 3. The Morgan fingerprint density at radius 1 is 1.22 bits per heavy atom. The van der Waals surface area contributed by atoms with Gasteiger partial charge in [0.2, 0.25) is 0 Å².